The second kappa shape index (κ2) is 6.50. The van der Waals surface area contributed by atoms with Crippen LogP contribution in [-0.4, -0.2) is 24.5 Å². The number of piperidine rings is 1. The number of hydrogen-bond donors (Lipinski definition) is 1. The molecule has 1 aliphatic rings. The Bertz CT molecular complexity index is 465. The molecule has 0 radical (unpaired) electrons. The molecular formula is C19H32N2. The minimum atomic E-state index is 0.135. The van der Waals surface area contributed by atoms with Crippen molar-refractivity contribution in [3.05, 3.63) is 34.9 Å². The van der Waals surface area contributed by atoms with Gasteiger partial charge in [-0.25, -0.2) is 0 Å². The molecule has 2 nitrogen and oxygen atoms in total. The predicted molar refractivity (Wildman–Crippen MR) is 91.5 cm³/mol. The van der Waals surface area contributed by atoms with Crippen LogP contribution in [0.15, 0.2) is 18.2 Å². The molecule has 1 aliphatic heterocycles. The first-order valence-electron chi connectivity index (χ1n) is 8.32. The summed E-state index contributed by atoms with van der Waals surface area (Å²) in [5, 5.41) is 0. The topological polar surface area (TPSA) is 29.3 Å². The number of nitrogens with two attached hydrogens (primary N) is 1. The van der Waals surface area contributed by atoms with Crippen LogP contribution in [0.2, 0.25) is 0 Å². The van der Waals surface area contributed by atoms with Crippen LogP contribution >= 0.6 is 0 Å². The number of rotatable bonds is 3. The van der Waals surface area contributed by atoms with E-state index in [1.807, 2.05) is 0 Å². The molecule has 0 bridgehead atoms. The number of benzene rings is 1. The fraction of sp³-hybridized carbons (Fsp3) is 0.684. The van der Waals surface area contributed by atoms with E-state index in [2.05, 4.69) is 57.7 Å². The third kappa shape index (κ3) is 4.31. The van der Waals surface area contributed by atoms with Gasteiger partial charge in [-0.1, -0.05) is 44.5 Å². The zero-order chi connectivity index (χ0) is 15.6. The maximum Gasteiger partial charge on any atom is 0.0427 e. The Morgan fingerprint density at radius 3 is 2.38 bits per heavy atom. The van der Waals surface area contributed by atoms with Crippen molar-refractivity contribution in [1.82, 2.24) is 4.90 Å². The third-order valence-corrected chi connectivity index (χ3v) is 5.10. The third-order valence-electron chi connectivity index (χ3n) is 5.10. The normalized spacial score (nSPS) is 19.7. The van der Waals surface area contributed by atoms with Gasteiger partial charge in [0.1, 0.15) is 0 Å². The lowest BCUT2D eigenvalue weighted by molar-refractivity contribution is 0.108. The molecule has 1 aromatic rings. The highest BCUT2D eigenvalue weighted by atomic mass is 15.1. The van der Waals surface area contributed by atoms with Crippen LogP contribution < -0.4 is 5.73 Å². The van der Waals surface area contributed by atoms with Gasteiger partial charge in [-0.3, -0.25) is 0 Å². The van der Waals surface area contributed by atoms with Gasteiger partial charge >= 0.3 is 0 Å². The lowest BCUT2D eigenvalue weighted by Gasteiger charge is -2.39. The van der Waals surface area contributed by atoms with Gasteiger partial charge < -0.3 is 10.6 Å². The molecule has 2 N–H and O–H groups in total. The second-order valence-electron chi connectivity index (χ2n) is 7.91. The van der Waals surface area contributed by atoms with Gasteiger partial charge in [0.2, 0.25) is 0 Å². The highest BCUT2D eigenvalue weighted by Crippen LogP contribution is 2.34. The standard InChI is InChI=1S/C19H32N2/c1-14-6-7-15(2)17(12-14)18(20)13-21-10-8-16(9-11-21)19(3,4)5/h6-7,12,16,18H,8-11,13,20H2,1-5H3. The summed E-state index contributed by atoms with van der Waals surface area (Å²) in [4.78, 5) is 2.55. The summed E-state index contributed by atoms with van der Waals surface area (Å²) in [7, 11) is 0. The quantitative estimate of drug-likeness (QED) is 0.908. The summed E-state index contributed by atoms with van der Waals surface area (Å²) in [5.41, 5.74) is 10.9. The van der Waals surface area contributed by atoms with Crippen molar-refractivity contribution < 1.29 is 0 Å². The van der Waals surface area contributed by atoms with Crippen molar-refractivity contribution >= 4 is 0 Å². The Balaban J connectivity index is 1.93. The molecule has 118 valence electrons. The molecule has 0 saturated carbocycles. The van der Waals surface area contributed by atoms with Gasteiger partial charge in [-0.05, 0) is 62.2 Å². The summed E-state index contributed by atoms with van der Waals surface area (Å²) < 4.78 is 0. The molecule has 0 spiro atoms. The van der Waals surface area contributed by atoms with E-state index in [-0.39, 0.29) is 6.04 Å². The van der Waals surface area contributed by atoms with Crippen LogP contribution in [0.1, 0.15) is 56.3 Å². The summed E-state index contributed by atoms with van der Waals surface area (Å²) in [5.74, 6) is 0.852. The lowest BCUT2D eigenvalue weighted by Crippen LogP contribution is -2.41. The van der Waals surface area contributed by atoms with Crippen LogP contribution in [0.3, 0.4) is 0 Å². The van der Waals surface area contributed by atoms with E-state index in [1.54, 1.807) is 0 Å². The molecule has 1 heterocycles. The molecule has 0 aromatic heterocycles. The molecule has 0 amide bonds. The van der Waals surface area contributed by atoms with E-state index in [1.165, 1.54) is 42.6 Å². The maximum atomic E-state index is 6.47. The van der Waals surface area contributed by atoms with Gasteiger partial charge in [0, 0.05) is 12.6 Å². The average Bonchev–Trinajstić information content (AvgIpc) is 2.41. The zero-order valence-corrected chi connectivity index (χ0v) is 14.4. The first-order valence-corrected chi connectivity index (χ1v) is 8.32. The number of likely N-dealkylation sites (tertiary alicyclic amines) is 1. The van der Waals surface area contributed by atoms with Gasteiger partial charge in [-0.2, -0.15) is 0 Å². The van der Waals surface area contributed by atoms with Gasteiger partial charge in [-0.15, -0.1) is 0 Å². The number of hydrogen-bond acceptors (Lipinski definition) is 2. The van der Waals surface area contributed by atoms with E-state index in [0.717, 1.165) is 12.5 Å². The lowest BCUT2D eigenvalue weighted by atomic mass is 9.75. The fourth-order valence-electron chi connectivity index (χ4n) is 3.52. The van der Waals surface area contributed by atoms with E-state index in [9.17, 15) is 0 Å². The molecular weight excluding hydrogens is 256 g/mol. The van der Waals surface area contributed by atoms with Gasteiger partial charge in [0.05, 0.1) is 0 Å². The number of nitrogens with zero attached hydrogens (tertiary/aromatic N) is 1. The summed E-state index contributed by atoms with van der Waals surface area (Å²) in [6.07, 6.45) is 2.62. The Morgan fingerprint density at radius 2 is 1.81 bits per heavy atom. The largest absolute Gasteiger partial charge is 0.323 e. The Kier molecular flexibility index (Phi) is 5.11. The van der Waals surface area contributed by atoms with Crippen molar-refractivity contribution in [3.8, 4) is 0 Å². The van der Waals surface area contributed by atoms with Crippen molar-refractivity contribution in [1.29, 1.82) is 0 Å². The molecule has 2 rings (SSSR count). The Morgan fingerprint density at radius 1 is 1.19 bits per heavy atom. The maximum absolute atomic E-state index is 6.47. The average molecular weight is 288 g/mol. The SMILES string of the molecule is Cc1ccc(C)c(C(N)CN2CCC(C(C)(C)C)CC2)c1. The molecule has 21 heavy (non-hydrogen) atoms. The smallest absolute Gasteiger partial charge is 0.0427 e. The summed E-state index contributed by atoms with van der Waals surface area (Å²) in [6.45, 7) is 14.8. The molecule has 1 atom stereocenters. The van der Waals surface area contributed by atoms with Crippen molar-refractivity contribution in [2.24, 2.45) is 17.1 Å². The Hall–Kier alpha value is -0.860. The van der Waals surface area contributed by atoms with Crippen LogP contribution in [-0.2, 0) is 0 Å². The molecule has 2 heteroatoms. The highest BCUT2D eigenvalue weighted by molar-refractivity contribution is 5.33. The summed E-state index contributed by atoms with van der Waals surface area (Å²) in [6, 6.07) is 6.75. The molecule has 0 aliphatic carbocycles. The van der Waals surface area contributed by atoms with Crippen LogP contribution in [0, 0.1) is 25.2 Å². The van der Waals surface area contributed by atoms with E-state index in [4.69, 9.17) is 5.73 Å². The van der Waals surface area contributed by atoms with E-state index in [0.29, 0.717) is 5.41 Å². The van der Waals surface area contributed by atoms with Crippen LogP contribution in [0.4, 0.5) is 0 Å². The van der Waals surface area contributed by atoms with Gasteiger partial charge in [0.25, 0.3) is 0 Å². The minimum Gasteiger partial charge on any atom is -0.323 e. The monoisotopic (exact) mass is 288 g/mol. The fourth-order valence-corrected chi connectivity index (χ4v) is 3.52. The zero-order valence-electron chi connectivity index (χ0n) is 14.4. The Labute approximate surface area is 130 Å². The second-order valence-corrected chi connectivity index (χ2v) is 7.91. The molecule has 1 saturated heterocycles. The molecule has 1 fully saturated rings. The molecule has 1 unspecified atom stereocenters. The van der Waals surface area contributed by atoms with Crippen molar-refractivity contribution in [2.75, 3.05) is 19.6 Å². The van der Waals surface area contributed by atoms with E-state index >= 15 is 0 Å². The number of aryl methyl sites for hydroxylation is 2. The molecule has 1 aromatic carbocycles. The van der Waals surface area contributed by atoms with Crippen LogP contribution in [0.5, 0.6) is 0 Å². The van der Waals surface area contributed by atoms with Crippen LogP contribution in [0.25, 0.3) is 0 Å². The van der Waals surface area contributed by atoms with E-state index < -0.39 is 0 Å². The first kappa shape index (κ1) is 16.5. The minimum absolute atomic E-state index is 0.135. The highest BCUT2D eigenvalue weighted by Gasteiger charge is 2.29. The predicted octanol–water partition coefficient (Wildman–Crippen LogP) is 4.06. The van der Waals surface area contributed by atoms with Gasteiger partial charge in [0.15, 0.2) is 0 Å². The van der Waals surface area contributed by atoms with Crippen molar-refractivity contribution in [3.63, 3.8) is 0 Å². The van der Waals surface area contributed by atoms with Crippen molar-refractivity contribution in [2.45, 2.75) is 53.5 Å². The first-order chi connectivity index (χ1) is 9.77. The summed E-state index contributed by atoms with van der Waals surface area (Å²) >= 11 is 0.